The molecule has 1 amide bonds. The smallest absolute Gasteiger partial charge is 0.352 e. The van der Waals surface area contributed by atoms with Gasteiger partial charge in [0.1, 0.15) is 17.1 Å². The van der Waals surface area contributed by atoms with Crippen LogP contribution in [0.15, 0.2) is 27.2 Å². The van der Waals surface area contributed by atoms with E-state index in [1.807, 2.05) is 0 Å². The van der Waals surface area contributed by atoms with Gasteiger partial charge in [-0.3, -0.25) is 14.7 Å². The topological polar surface area (TPSA) is 96.5 Å². The summed E-state index contributed by atoms with van der Waals surface area (Å²) in [5.74, 6) is -0.228. The fourth-order valence-corrected chi connectivity index (χ4v) is 5.16. The SMILES string of the molecule is NC1C(=O)N2C(C(=O)O)=C(CSc3cncs3)CS[C@H]12. The number of amides is 1. The molecule has 1 saturated heterocycles. The highest BCUT2D eigenvalue weighted by molar-refractivity contribution is 8.02. The average molecular weight is 329 g/mol. The van der Waals surface area contributed by atoms with Crippen molar-refractivity contribution in [3.63, 3.8) is 0 Å². The zero-order valence-corrected chi connectivity index (χ0v) is 12.6. The quantitative estimate of drug-likeness (QED) is 0.623. The van der Waals surface area contributed by atoms with Crippen molar-refractivity contribution >= 4 is 46.7 Å². The molecule has 0 aliphatic carbocycles. The minimum absolute atomic E-state index is 0.109. The maximum atomic E-state index is 11.8. The summed E-state index contributed by atoms with van der Waals surface area (Å²) < 4.78 is 1.03. The van der Waals surface area contributed by atoms with E-state index in [4.69, 9.17) is 5.73 Å². The molecule has 3 N–H and O–H groups in total. The van der Waals surface area contributed by atoms with Crippen molar-refractivity contribution in [3.8, 4) is 0 Å². The van der Waals surface area contributed by atoms with Gasteiger partial charge in [0.25, 0.3) is 0 Å². The Morgan fingerprint density at radius 1 is 1.65 bits per heavy atom. The molecule has 0 spiro atoms. The van der Waals surface area contributed by atoms with Crippen LogP contribution in [-0.4, -0.2) is 49.8 Å². The molecule has 9 heteroatoms. The van der Waals surface area contributed by atoms with E-state index in [9.17, 15) is 14.7 Å². The molecule has 20 heavy (non-hydrogen) atoms. The molecule has 2 aliphatic rings. The van der Waals surface area contributed by atoms with Gasteiger partial charge in [0, 0.05) is 11.5 Å². The number of rotatable bonds is 4. The molecule has 0 bridgehead atoms. The van der Waals surface area contributed by atoms with E-state index < -0.39 is 12.0 Å². The first kappa shape index (κ1) is 13.9. The van der Waals surface area contributed by atoms with Crippen LogP contribution in [0.1, 0.15) is 0 Å². The summed E-state index contributed by atoms with van der Waals surface area (Å²) >= 11 is 4.57. The predicted octanol–water partition coefficient (Wildman–Crippen LogP) is 0.816. The van der Waals surface area contributed by atoms with Crippen molar-refractivity contribution < 1.29 is 14.7 Å². The third-order valence-electron chi connectivity index (χ3n) is 3.09. The van der Waals surface area contributed by atoms with E-state index in [2.05, 4.69) is 4.98 Å². The highest BCUT2D eigenvalue weighted by Crippen LogP contribution is 2.40. The standard InChI is InChI=1S/C11H11N3O3S3/c12-7-9(15)14-8(11(16)17)5(3-19-10(7)14)2-18-6-1-13-4-20-6/h1,4,7,10H,2-3,12H2,(H,16,17)/t7?,10-/m1/s1. The molecule has 3 rings (SSSR count). The zero-order chi connectivity index (χ0) is 14.3. The highest BCUT2D eigenvalue weighted by Gasteiger charge is 2.51. The summed E-state index contributed by atoms with van der Waals surface area (Å²) in [4.78, 5) is 28.5. The Bertz CT molecular complexity index is 587. The number of fused-ring (bicyclic) bond motifs is 1. The molecule has 1 unspecified atom stereocenters. The van der Waals surface area contributed by atoms with Gasteiger partial charge in [-0.15, -0.1) is 34.9 Å². The summed E-state index contributed by atoms with van der Waals surface area (Å²) in [6.45, 7) is 0. The first-order valence-corrected chi connectivity index (χ1v) is 8.68. The Hall–Kier alpha value is -1.03. The Labute approximate surface area is 127 Å². The minimum atomic E-state index is -1.06. The largest absolute Gasteiger partial charge is 0.477 e. The number of carbonyl (C=O) groups is 2. The second-order valence-electron chi connectivity index (χ2n) is 4.30. The molecular weight excluding hydrogens is 318 g/mol. The number of carboxylic acid groups (broad SMARTS) is 1. The Morgan fingerprint density at radius 3 is 3.10 bits per heavy atom. The zero-order valence-electron chi connectivity index (χ0n) is 10.2. The number of thioether (sulfide) groups is 2. The third-order valence-corrected chi connectivity index (χ3v) is 6.54. The van der Waals surface area contributed by atoms with Crippen LogP contribution in [0.5, 0.6) is 0 Å². The molecule has 2 atom stereocenters. The fraction of sp³-hybridized carbons (Fsp3) is 0.364. The van der Waals surface area contributed by atoms with Crippen LogP contribution in [0.4, 0.5) is 0 Å². The lowest BCUT2D eigenvalue weighted by molar-refractivity contribution is -0.147. The molecule has 0 radical (unpaired) electrons. The van der Waals surface area contributed by atoms with Gasteiger partial charge in [-0.05, 0) is 5.57 Å². The number of thiazole rings is 1. The van der Waals surface area contributed by atoms with Gasteiger partial charge in [0.15, 0.2) is 0 Å². The number of aromatic nitrogens is 1. The summed E-state index contributed by atoms with van der Waals surface area (Å²) in [6.07, 6.45) is 1.75. The molecule has 1 fully saturated rings. The minimum Gasteiger partial charge on any atom is -0.477 e. The normalized spacial score (nSPS) is 25.4. The van der Waals surface area contributed by atoms with Crippen LogP contribution in [0.2, 0.25) is 0 Å². The van der Waals surface area contributed by atoms with Crippen molar-refractivity contribution in [1.82, 2.24) is 9.88 Å². The van der Waals surface area contributed by atoms with Crippen molar-refractivity contribution in [2.45, 2.75) is 15.6 Å². The number of β-lactam (4-membered cyclic amide) rings is 1. The first-order valence-electron chi connectivity index (χ1n) is 5.76. The molecule has 3 heterocycles. The monoisotopic (exact) mass is 329 g/mol. The van der Waals surface area contributed by atoms with Gasteiger partial charge in [-0.2, -0.15) is 0 Å². The van der Waals surface area contributed by atoms with E-state index in [0.717, 1.165) is 9.78 Å². The summed E-state index contributed by atoms with van der Waals surface area (Å²) in [5.41, 5.74) is 8.30. The van der Waals surface area contributed by atoms with Gasteiger partial charge in [0.05, 0.1) is 15.9 Å². The van der Waals surface area contributed by atoms with Gasteiger partial charge in [0.2, 0.25) is 5.91 Å². The molecule has 6 nitrogen and oxygen atoms in total. The van der Waals surface area contributed by atoms with Gasteiger partial charge >= 0.3 is 5.97 Å². The van der Waals surface area contributed by atoms with Crippen LogP contribution in [-0.2, 0) is 9.59 Å². The molecule has 106 valence electrons. The third kappa shape index (κ3) is 2.24. The van der Waals surface area contributed by atoms with E-state index >= 15 is 0 Å². The van der Waals surface area contributed by atoms with Crippen LogP contribution < -0.4 is 5.73 Å². The van der Waals surface area contributed by atoms with Gasteiger partial charge < -0.3 is 10.8 Å². The van der Waals surface area contributed by atoms with Crippen LogP contribution in [0.3, 0.4) is 0 Å². The van der Waals surface area contributed by atoms with Gasteiger partial charge in [-0.1, -0.05) is 0 Å². The maximum absolute atomic E-state index is 11.8. The van der Waals surface area contributed by atoms with Gasteiger partial charge in [-0.25, -0.2) is 4.79 Å². The average Bonchev–Trinajstić information content (AvgIpc) is 2.96. The Balaban J connectivity index is 1.82. The lowest BCUT2D eigenvalue weighted by Gasteiger charge is -2.48. The van der Waals surface area contributed by atoms with Crippen LogP contribution in [0, 0.1) is 0 Å². The number of nitrogens with zero attached hydrogens (tertiary/aromatic N) is 2. The molecule has 0 saturated carbocycles. The number of nitrogens with two attached hydrogens (primary N) is 1. The highest BCUT2D eigenvalue weighted by atomic mass is 32.2. The Kier molecular flexibility index (Phi) is 3.76. The molecule has 1 aromatic rings. The summed E-state index contributed by atoms with van der Waals surface area (Å²) in [5, 5.41) is 9.14. The van der Waals surface area contributed by atoms with Crippen molar-refractivity contribution in [1.29, 1.82) is 0 Å². The lowest BCUT2D eigenvalue weighted by atomic mass is 10.0. The number of carbonyl (C=O) groups excluding carboxylic acids is 1. The molecule has 0 aromatic carbocycles. The van der Waals surface area contributed by atoms with Crippen LogP contribution >= 0.6 is 34.9 Å². The second kappa shape index (κ2) is 5.40. The molecule has 2 aliphatic heterocycles. The molecule has 1 aromatic heterocycles. The van der Waals surface area contributed by atoms with E-state index in [0.29, 0.717) is 11.5 Å². The first-order chi connectivity index (χ1) is 9.59. The number of aliphatic carboxylic acids is 1. The van der Waals surface area contributed by atoms with E-state index in [1.54, 1.807) is 11.7 Å². The summed E-state index contributed by atoms with van der Waals surface area (Å²) in [7, 11) is 0. The lowest BCUT2D eigenvalue weighted by Crippen LogP contribution is -2.68. The van der Waals surface area contributed by atoms with E-state index in [-0.39, 0.29) is 17.0 Å². The van der Waals surface area contributed by atoms with Crippen molar-refractivity contribution in [2.75, 3.05) is 11.5 Å². The Morgan fingerprint density at radius 2 is 2.45 bits per heavy atom. The van der Waals surface area contributed by atoms with Crippen molar-refractivity contribution in [2.24, 2.45) is 5.73 Å². The summed E-state index contributed by atoms with van der Waals surface area (Å²) in [6, 6.07) is -0.579. The second-order valence-corrected chi connectivity index (χ2v) is 7.57. The number of hydrogen-bond acceptors (Lipinski definition) is 7. The number of carboxylic acids is 1. The van der Waals surface area contributed by atoms with E-state index in [1.165, 1.54) is 39.8 Å². The van der Waals surface area contributed by atoms with Crippen molar-refractivity contribution in [3.05, 3.63) is 23.0 Å². The number of hydrogen-bond donors (Lipinski definition) is 2. The predicted molar refractivity (Wildman–Crippen MR) is 78.6 cm³/mol. The maximum Gasteiger partial charge on any atom is 0.352 e. The van der Waals surface area contributed by atoms with Crippen LogP contribution in [0.25, 0.3) is 0 Å². The molecular formula is C11H11N3O3S3. The fourth-order valence-electron chi connectivity index (χ4n) is 2.12.